The number of hydrogen-bond donors (Lipinski definition) is 2. The van der Waals surface area contributed by atoms with Crippen molar-refractivity contribution in [2.75, 3.05) is 5.32 Å². The SMILES string of the molecule is CCn1ncc2c(NC3CCCCC3)c(C3=NOC4(CCC(C(=O)O)CC4)C3C(C)(C)C)cnc21. The van der Waals surface area contributed by atoms with E-state index in [1.54, 1.807) is 0 Å². The molecule has 1 aliphatic heterocycles. The van der Waals surface area contributed by atoms with Gasteiger partial charge in [-0.05, 0) is 50.9 Å². The first-order chi connectivity index (χ1) is 16.7. The average molecular weight is 482 g/mol. The number of nitrogens with zero attached hydrogens (tertiary/aromatic N) is 4. The van der Waals surface area contributed by atoms with Crippen LogP contribution in [0.5, 0.6) is 0 Å². The van der Waals surface area contributed by atoms with E-state index in [1.165, 1.54) is 19.3 Å². The zero-order valence-corrected chi connectivity index (χ0v) is 21.5. The van der Waals surface area contributed by atoms with Crippen LogP contribution < -0.4 is 5.32 Å². The summed E-state index contributed by atoms with van der Waals surface area (Å²) in [5, 5.41) is 23.8. The molecule has 2 aromatic heterocycles. The maximum atomic E-state index is 11.6. The van der Waals surface area contributed by atoms with Crippen molar-refractivity contribution < 1.29 is 14.7 Å². The smallest absolute Gasteiger partial charge is 0.306 e. The fraction of sp³-hybridized carbons (Fsp3) is 0.704. The van der Waals surface area contributed by atoms with Crippen LogP contribution in [0.25, 0.3) is 11.0 Å². The number of aliphatic carboxylic acids is 1. The topological polar surface area (TPSA) is 102 Å². The number of carboxylic acid groups (broad SMARTS) is 1. The van der Waals surface area contributed by atoms with E-state index in [4.69, 9.17) is 15.0 Å². The molecule has 2 N–H and O–H groups in total. The Kier molecular flexibility index (Phi) is 6.26. The largest absolute Gasteiger partial charge is 0.481 e. The molecule has 3 aliphatic rings. The number of pyridine rings is 1. The van der Waals surface area contributed by atoms with Gasteiger partial charge >= 0.3 is 5.97 Å². The van der Waals surface area contributed by atoms with Gasteiger partial charge in [-0.2, -0.15) is 5.10 Å². The molecule has 190 valence electrons. The van der Waals surface area contributed by atoms with Crippen LogP contribution in [0.4, 0.5) is 5.69 Å². The Bertz CT molecular complexity index is 1120. The number of carboxylic acids is 1. The van der Waals surface area contributed by atoms with Gasteiger partial charge in [0.2, 0.25) is 0 Å². The molecule has 0 radical (unpaired) electrons. The molecule has 0 amide bonds. The second kappa shape index (κ2) is 9.10. The second-order valence-electron chi connectivity index (χ2n) is 11.8. The Morgan fingerprint density at radius 2 is 1.89 bits per heavy atom. The van der Waals surface area contributed by atoms with Gasteiger partial charge < -0.3 is 15.3 Å². The lowest BCUT2D eigenvalue weighted by molar-refractivity contribution is -0.148. The van der Waals surface area contributed by atoms with Crippen LogP contribution in [0.1, 0.15) is 91.0 Å². The molecule has 2 saturated carbocycles. The summed E-state index contributed by atoms with van der Waals surface area (Å²) in [6.45, 7) is 9.56. The van der Waals surface area contributed by atoms with Gasteiger partial charge in [-0.25, -0.2) is 9.67 Å². The first-order valence-corrected chi connectivity index (χ1v) is 13.3. The number of carbonyl (C=O) groups is 1. The molecule has 3 heterocycles. The lowest BCUT2D eigenvalue weighted by atomic mass is 9.61. The van der Waals surface area contributed by atoms with Crippen molar-refractivity contribution in [3.8, 4) is 0 Å². The summed E-state index contributed by atoms with van der Waals surface area (Å²) in [5.41, 5.74) is 3.30. The van der Waals surface area contributed by atoms with Crippen molar-refractivity contribution in [1.29, 1.82) is 0 Å². The first kappa shape index (κ1) is 24.1. The Balaban J connectivity index is 1.56. The molecule has 0 aromatic carbocycles. The van der Waals surface area contributed by atoms with Crippen LogP contribution in [0, 0.1) is 17.3 Å². The molecule has 2 aliphatic carbocycles. The zero-order valence-electron chi connectivity index (χ0n) is 21.5. The summed E-state index contributed by atoms with van der Waals surface area (Å²) in [6.07, 6.45) is 12.7. The molecular weight excluding hydrogens is 442 g/mol. The van der Waals surface area contributed by atoms with Crippen molar-refractivity contribution in [1.82, 2.24) is 14.8 Å². The van der Waals surface area contributed by atoms with E-state index in [2.05, 4.69) is 38.1 Å². The molecule has 2 aromatic rings. The van der Waals surface area contributed by atoms with Gasteiger partial charge in [0.1, 0.15) is 5.60 Å². The number of aryl methyl sites for hydroxylation is 1. The van der Waals surface area contributed by atoms with Crippen LogP contribution in [0.2, 0.25) is 0 Å². The molecular formula is C27H39N5O3. The van der Waals surface area contributed by atoms with Crippen molar-refractivity contribution in [3.63, 3.8) is 0 Å². The average Bonchev–Trinajstić information content (AvgIpc) is 3.42. The highest BCUT2D eigenvalue weighted by Crippen LogP contribution is 2.52. The normalized spacial score (nSPS) is 27.7. The van der Waals surface area contributed by atoms with Crippen LogP contribution in [0.15, 0.2) is 17.5 Å². The molecule has 35 heavy (non-hydrogen) atoms. The van der Waals surface area contributed by atoms with Crippen LogP contribution >= 0.6 is 0 Å². The molecule has 8 heteroatoms. The van der Waals surface area contributed by atoms with E-state index in [0.717, 1.165) is 47.4 Å². The summed E-state index contributed by atoms with van der Waals surface area (Å²) in [7, 11) is 0. The standard InChI is InChI=1S/C27H39N5O3/c1-5-32-24-20(16-29-32)21(30-18-9-7-6-8-10-18)19(15-28-24)22-23(26(2,3)4)27(35-31-22)13-11-17(12-14-27)25(33)34/h15-18,23H,5-14H2,1-4H3,(H,28,30)(H,33,34). The number of aromatic nitrogens is 3. The number of rotatable bonds is 5. The van der Waals surface area contributed by atoms with Gasteiger partial charge in [0.15, 0.2) is 5.65 Å². The Morgan fingerprint density at radius 3 is 2.51 bits per heavy atom. The number of hydrogen-bond acceptors (Lipinski definition) is 6. The van der Waals surface area contributed by atoms with E-state index in [0.29, 0.717) is 31.7 Å². The van der Waals surface area contributed by atoms with Crippen molar-refractivity contribution in [2.24, 2.45) is 22.4 Å². The van der Waals surface area contributed by atoms with Crippen LogP contribution in [0.3, 0.4) is 0 Å². The molecule has 1 atom stereocenters. The highest BCUT2D eigenvalue weighted by atomic mass is 16.7. The molecule has 0 bridgehead atoms. The van der Waals surface area contributed by atoms with E-state index >= 15 is 0 Å². The summed E-state index contributed by atoms with van der Waals surface area (Å²) in [5.74, 6) is -0.958. The lowest BCUT2D eigenvalue weighted by Gasteiger charge is -2.43. The lowest BCUT2D eigenvalue weighted by Crippen LogP contribution is -2.49. The van der Waals surface area contributed by atoms with E-state index in [-0.39, 0.29) is 17.3 Å². The van der Waals surface area contributed by atoms with Crippen LogP contribution in [-0.4, -0.2) is 43.2 Å². The quantitative estimate of drug-likeness (QED) is 0.576. The minimum atomic E-state index is -0.701. The van der Waals surface area contributed by atoms with E-state index < -0.39 is 11.6 Å². The molecule has 1 unspecified atom stereocenters. The Morgan fingerprint density at radius 1 is 1.17 bits per heavy atom. The Hall–Kier alpha value is -2.64. The fourth-order valence-electron chi connectivity index (χ4n) is 6.69. The van der Waals surface area contributed by atoms with Crippen LogP contribution in [-0.2, 0) is 16.2 Å². The highest BCUT2D eigenvalue weighted by molar-refractivity contribution is 6.12. The van der Waals surface area contributed by atoms with Gasteiger partial charge in [-0.1, -0.05) is 45.2 Å². The summed E-state index contributed by atoms with van der Waals surface area (Å²) < 4.78 is 1.94. The molecule has 8 nitrogen and oxygen atoms in total. The first-order valence-electron chi connectivity index (χ1n) is 13.3. The summed E-state index contributed by atoms with van der Waals surface area (Å²) >= 11 is 0. The molecule has 0 saturated heterocycles. The number of anilines is 1. The monoisotopic (exact) mass is 481 g/mol. The predicted molar refractivity (Wildman–Crippen MR) is 137 cm³/mol. The summed E-state index contributed by atoms with van der Waals surface area (Å²) in [4.78, 5) is 22.8. The maximum Gasteiger partial charge on any atom is 0.306 e. The summed E-state index contributed by atoms with van der Waals surface area (Å²) in [6, 6.07) is 0.425. The third-order valence-corrected chi connectivity index (χ3v) is 8.37. The number of oxime groups is 1. The minimum absolute atomic E-state index is 0.0390. The third kappa shape index (κ3) is 4.29. The third-order valence-electron chi connectivity index (χ3n) is 8.37. The second-order valence-corrected chi connectivity index (χ2v) is 11.8. The van der Waals surface area contributed by atoms with Crippen molar-refractivity contribution in [3.05, 3.63) is 18.0 Å². The zero-order chi connectivity index (χ0) is 24.8. The van der Waals surface area contributed by atoms with Crippen molar-refractivity contribution >= 4 is 28.4 Å². The predicted octanol–water partition coefficient (Wildman–Crippen LogP) is 5.61. The fourth-order valence-corrected chi connectivity index (χ4v) is 6.69. The highest BCUT2D eigenvalue weighted by Gasteiger charge is 2.56. The van der Waals surface area contributed by atoms with E-state index in [9.17, 15) is 9.90 Å². The van der Waals surface area contributed by atoms with Crippen molar-refractivity contribution in [2.45, 2.75) is 104 Å². The Labute approximate surface area is 207 Å². The molecule has 1 spiro atoms. The van der Waals surface area contributed by atoms with E-state index in [1.807, 2.05) is 17.1 Å². The molecule has 5 rings (SSSR count). The van der Waals surface area contributed by atoms with Gasteiger partial charge in [0.05, 0.1) is 34.8 Å². The minimum Gasteiger partial charge on any atom is -0.481 e. The van der Waals surface area contributed by atoms with Gasteiger partial charge in [0.25, 0.3) is 0 Å². The van der Waals surface area contributed by atoms with Gasteiger partial charge in [-0.3, -0.25) is 4.79 Å². The number of nitrogens with one attached hydrogen (secondary N) is 1. The van der Waals surface area contributed by atoms with Gasteiger partial charge in [-0.15, -0.1) is 0 Å². The molecule has 2 fully saturated rings. The number of fused-ring (bicyclic) bond motifs is 1. The maximum absolute atomic E-state index is 11.6. The van der Waals surface area contributed by atoms with Gasteiger partial charge in [0, 0.05) is 24.3 Å².